The van der Waals surface area contributed by atoms with Gasteiger partial charge in [-0.05, 0) is 0 Å². The van der Waals surface area contributed by atoms with Crippen molar-refractivity contribution in [2.24, 2.45) is 0 Å². The number of carbonyl (C=O) groups is 2. The summed E-state index contributed by atoms with van der Waals surface area (Å²) in [5, 5.41) is 0. The standard InChI is InChI=1S/2C10H9O.Pt/c2*1-9(11)7-8-10-5-3-2-4-6-10;/h2*2-6,8H,1H3;. The first kappa shape index (κ1) is 17.3. The van der Waals surface area contributed by atoms with Gasteiger partial charge in [-0.3, -0.25) is 0 Å². The van der Waals surface area contributed by atoms with E-state index in [1.165, 1.54) is 0 Å². The molecule has 0 radical (unpaired) electrons. The van der Waals surface area contributed by atoms with Crippen LogP contribution in [0, 0.1) is 0 Å². The molecule has 2 aromatic rings. The zero-order valence-electron chi connectivity index (χ0n) is 13.1. The zero-order valence-corrected chi connectivity index (χ0v) is 15.3. The summed E-state index contributed by atoms with van der Waals surface area (Å²) in [7, 11) is 0. The van der Waals surface area contributed by atoms with E-state index in [2.05, 4.69) is 0 Å². The average Bonchev–Trinajstić information content (AvgIpc) is 2.55. The van der Waals surface area contributed by atoms with Gasteiger partial charge in [-0.25, -0.2) is 0 Å². The Morgan fingerprint density at radius 1 is 0.696 bits per heavy atom. The Kier molecular flexibility index (Phi) is 6.43. The van der Waals surface area contributed by atoms with Gasteiger partial charge in [0.25, 0.3) is 0 Å². The number of Topliss-reactive ketones (excluding diaryl/α,β-unsaturated/α-hetero) is 2. The van der Waals surface area contributed by atoms with E-state index in [1.54, 1.807) is 13.8 Å². The molecule has 0 aromatic heterocycles. The van der Waals surface area contributed by atoms with Gasteiger partial charge in [0.2, 0.25) is 0 Å². The monoisotopic (exact) mass is 485 g/mol. The van der Waals surface area contributed by atoms with Crippen molar-refractivity contribution in [2.75, 3.05) is 0 Å². The van der Waals surface area contributed by atoms with Crippen molar-refractivity contribution < 1.29 is 28.2 Å². The van der Waals surface area contributed by atoms with Gasteiger partial charge < -0.3 is 0 Å². The number of benzene rings is 2. The van der Waals surface area contributed by atoms with E-state index in [0.29, 0.717) is 0 Å². The van der Waals surface area contributed by atoms with Crippen LogP contribution < -0.4 is 0 Å². The van der Waals surface area contributed by atoms with Crippen LogP contribution >= 0.6 is 0 Å². The molecule has 120 valence electrons. The summed E-state index contributed by atoms with van der Waals surface area (Å²) in [6.07, 6.45) is 3.80. The normalized spacial score (nSPS) is 12.3. The molecule has 0 amide bonds. The minimum atomic E-state index is -0.828. The van der Waals surface area contributed by atoms with Gasteiger partial charge >= 0.3 is 145 Å². The van der Waals surface area contributed by atoms with E-state index in [0.717, 1.165) is 19.1 Å². The number of hydrogen-bond donors (Lipinski definition) is 0. The van der Waals surface area contributed by atoms with Crippen molar-refractivity contribution in [1.82, 2.24) is 0 Å². The van der Waals surface area contributed by atoms with Crippen molar-refractivity contribution >= 4 is 23.7 Å². The summed E-state index contributed by atoms with van der Waals surface area (Å²) >= 11 is -0.828. The predicted molar refractivity (Wildman–Crippen MR) is 90.2 cm³/mol. The Hall–Kier alpha value is -2.05. The first-order valence-electron chi connectivity index (χ1n) is 7.20. The Morgan fingerprint density at radius 2 is 1.04 bits per heavy atom. The van der Waals surface area contributed by atoms with Crippen LogP contribution in [-0.4, -0.2) is 11.6 Å². The van der Waals surface area contributed by atoms with E-state index in [1.807, 2.05) is 72.8 Å². The fourth-order valence-electron chi connectivity index (χ4n) is 1.82. The molecular formula is C20H18O2Pt. The molecule has 2 rings (SSSR count). The van der Waals surface area contributed by atoms with E-state index in [9.17, 15) is 9.59 Å². The van der Waals surface area contributed by atoms with Gasteiger partial charge in [-0.15, -0.1) is 0 Å². The van der Waals surface area contributed by atoms with Crippen LogP contribution in [-0.2, 0) is 28.2 Å². The number of ketones is 2. The molecule has 0 aliphatic rings. The molecule has 0 aliphatic heterocycles. The van der Waals surface area contributed by atoms with Crippen LogP contribution in [0.4, 0.5) is 0 Å². The molecule has 0 bridgehead atoms. The molecule has 0 unspecified atom stereocenters. The Labute approximate surface area is 145 Å². The molecule has 0 atom stereocenters. The van der Waals surface area contributed by atoms with Crippen LogP contribution in [0.3, 0.4) is 0 Å². The zero-order chi connectivity index (χ0) is 16.7. The van der Waals surface area contributed by atoms with Crippen LogP contribution in [0.1, 0.15) is 25.0 Å². The fraction of sp³-hybridized carbons (Fsp3) is 0.100. The molecule has 0 saturated carbocycles. The molecule has 0 heterocycles. The minimum absolute atomic E-state index is 0.0300. The quantitative estimate of drug-likeness (QED) is 0.571. The molecule has 23 heavy (non-hydrogen) atoms. The van der Waals surface area contributed by atoms with Crippen LogP contribution in [0.15, 0.2) is 68.6 Å². The van der Waals surface area contributed by atoms with Crippen molar-refractivity contribution in [2.45, 2.75) is 13.8 Å². The molecule has 0 N–H and O–H groups in total. The topological polar surface area (TPSA) is 34.1 Å². The van der Waals surface area contributed by atoms with E-state index < -0.39 is 18.6 Å². The maximum atomic E-state index is 12.0. The summed E-state index contributed by atoms with van der Waals surface area (Å²) in [6, 6.07) is 19.5. The first-order valence-corrected chi connectivity index (χ1v) is 9.47. The van der Waals surface area contributed by atoms with Gasteiger partial charge in [-0.2, -0.15) is 0 Å². The summed E-state index contributed by atoms with van der Waals surface area (Å²) < 4.78 is 1.49. The van der Waals surface area contributed by atoms with Gasteiger partial charge in [0.15, 0.2) is 0 Å². The molecule has 3 heteroatoms. The predicted octanol–water partition coefficient (Wildman–Crippen LogP) is 4.33. The summed E-state index contributed by atoms with van der Waals surface area (Å²) in [4.78, 5) is 24.0. The number of carbonyl (C=O) groups excluding carboxylic acids is 2. The second kappa shape index (κ2) is 8.55. The average molecular weight is 485 g/mol. The van der Waals surface area contributed by atoms with Gasteiger partial charge in [0.05, 0.1) is 0 Å². The molecule has 0 fully saturated rings. The number of rotatable bonds is 6. The second-order valence-electron chi connectivity index (χ2n) is 4.93. The van der Waals surface area contributed by atoms with Crippen molar-refractivity contribution in [1.29, 1.82) is 0 Å². The van der Waals surface area contributed by atoms with Crippen LogP contribution in [0.25, 0.3) is 12.2 Å². The van der Waals surface area contributed by atoms with Gasteiger partial charge in [0, 0.05) is 0 Å². The SMILES string of the molecule is CC(=O)[C](=Cc1ccccc1)[Pt][C](=Cc1ccccc1)C(C)=O. The van der Waals surface area contributed by atoms with Gasteiger partial charge in [0.1, 0.15) is 0 Å². The van der Waals surface area contributed by atoms with E-state index in [4.69, 9.17) is 0 Å². The molecule has 0 spiro atoms. The third-order valence-electron chi connectivity index (χ3n) is 2.97. The Balaban J connectivity index is 2.33. The summed E-state index contributed by atoms with van der Waals surface area (Å²) in [6.45, 7) is 3.13. The third-order valence-corrected chi connectivity index (χ3v) is 6.45. The molecule has 0 aliphatic carbocycles. The molecule has 0 saturated heterocycles. The van der Waals surface area contributed by atoms with E-state index in [-0.39, 0.29) is 11.6 Å². The maximum absolute atomic E-state index is 12.0. The summed E-state index contributed by atoms with van der Waals surface area (Å²) in [5.41, 5.74) is 1.97. The van der Waals surface area contributed by atoms with Gasteiger partial charge in [-0.1, -0.05) is 0 Å². The van der Waals surface area contributed by atoms with Crippen molar-refractivity contribution in [3.8, 4) is 0 Å². The third kappa shape index (κ3) is 5.58. The molecule has 2 aromatic carbocycles. The fourth-order valence-corrected chi connectivity index (χ4v) is 4.37. The molecule has 2 nitrogen and oxygen atoms in total. The van der Waals surface area contributed by atoms with Crippen LogP contribution in [0.5, 0.6) is 0 Å². The summed E-state index contributed by atoms with van der Waals surface area (Å²) in [5.74, 6) is 0.0600. The Morgan fingerprint density at radius 3 is 1.35 bits per heavy atom. The Bertz CT molecular complexity index is 678. The van der Waals surface area contributed by atoms with Crippen LogP contribution in [0.2, 0.25) is 0 Å². The number of allylic oxidation sites excluding steroid dienone is 2. The molecular weight excluding hydrogens is 467 g/mol. The van der Waals surface area contributed by atoms with Crippen molar-refractivity contribution in [3.63, 3.8) is 0 Å². The second-order valence-corrected chi connectivity index (χ2v) is 7.95. The van der Waals surface area contributed by atoms with Crippen molar-refractivity contribution in [3.05, 3.63) is 79.7 Å². The number of hydrogen-bond acceptors (Lipinski definition) is 2. The van der Waals surface area contributed by atoms with E-state index >= 15 is 0 Å². The first-order chi connectivity index (χ1) is 11.1.